The molecule has 0 radical (unpaired) electrons. The Labute approximate surface area is 97.1 Å². The van der Waals surface area contributed by atoms with Gasteiger partial charge in [-0.15, -0.1) is 0 Å². The maximum atomic E-state index is 11.1. The van der Waals surface area contributed by atoms with Gasteiger partial charge in [0, 0.05) is 12.1 Å². The highest BCUT2D eigenvalue weighted by atomic mass is 16.5. The van der Waals surface area contributed by atoms with Gasteiger partial charge in [-0.1, -0.05) is 6.42 Å². The van der Waals surface area contributed by atoms with E-state index < -0.39 is 0 Å². The molecule has 1 aliphatic heterocycles. The number of hydrogen-bond acceptors (Lipinski definition) is 4. The first-order chi connectivity index (χ1) is 7.81. The van der Waals surface area contributed by atoms with Gasteiger partial charge in [0.05, 0.1) is 13.7 Å². The average molecular weight is 226 g/mol. The predicted molar refractivity (Wildman–Crippen MR) is 62.2 cm³/mol. The number of ether oxygens (including phenoxy) is 1. The summed E-state index contributed by atoms with van der Waals surface area (Å²) in [4.78, 5) is 11.1. The van der Waals surface area contributed by atoms with Crippen molar-refractivity contribution in [2.75, 3.05) is 20.2 Å². The van der Waals surface area contributed by atoms with E-state index in [0.29, 0.717) is 24.5 Å². The second-order valence-corrected chi connectivity index (χ2v) is 4.86. The molecule has 0 spiro atoms. The molecule has 1 saturated heterocycles. The van der Waals surface area contributed by atoms with E-state index in [1.54, 1.807) is 0 Å². The van der Waals surface area contributed by atoms with Crippen molar-refractivity contribution in [3.05, 3.63) is 0 Å². The first-order valence-corrected chi connectivity index (χ1v) is 6.35. The Morgan fingerprint density at radius 1 is 1.38 bits per heavy atom. The molecule has 16 heavy (non-hydrogen) atoms. The molecule has 0 aromatic heterocycles. The van der Waals surface area contributed by atoms with Crippen molar-refractivity contribution < 1.29 is 9.53 Å². The largest absolute Gasteiger partial charge is 0.468 e. The number of carbonyl (C=O) groups excluding carboxylic acids is 1. The summed E-state index contributed by atoms with van der Waals surface area (Å²) in [7, 11) is 1.44. The van der Waals surface area contributed by atoms with Crippen molar-refractivity contribution >= 4 is 5.97 Å². The summed E-state index contributed by atoms with van der Waals surface area (Å²) in [5.74, 6) is 0.539. The van der Waals surface area contributed by atoms with E-state index in [1.165, 1.54) is 39.2 Å². The molecule has 1 aliphatic carbocycles. The van der Waals surface area contributed by atoms with Crippen LogP contribution in [0.1, 0.15) is 32.1 Å². The fourth-order valence-corrected chi connectivity index (χ4v) is 3.09. The van der Waals surface area contributed by atoms with Gasteiger partial charge in [-0.3, -0.25) is 4.79 Å². The zero-order valence-electron chi connectivity index (χ0n) is 10.00. The van der Waals surface area contributed by atoms with Crippen molar-refractivity contribution in [2.24, 2.45) is 5.92 Å². The van der Waals surface area contributed by atoms with E-state index in [9.17, 15) is 4.79 Å². The molecule has 92 valence electrons. The third kappa shape index (κ3) is 2.74. The summed E-state index contributed by atoms with van der Waals surface area (Å²) in [6, 6.07) is 1.16. The van der Waals surface area contributed by atoms with E-state index >= 15 is 0 Å². The number of hydrogen-bond donors (Lipinski definition) is 2. The first kappa shape index (κ1) is 11.9. The van der Waals surface area contributed by atoms with E-state index in [2.05, 4.69) is 15.4 Å². The summed E-state index contributed by atoms with van der Waals surface area (Å²) in [6.45, 7) is 1.51. The fourth-order valence-electron chi connectivity index (χ4n) is 3.09. The van der Waals surface area contributed by atoms with Crippen LogP contribution >= 0.6 is 0 Å². The van der Waals surface area contributed by atoms with Crippen molar-refractivity contribution in [1.29, 1.82) is 0 Å². The van der Waals surface area contributed by atoms with Gasteiger partial charge in [0.25, 0.3) is 0 Å². The minimum absolute atomic E-state index is 0.162. The summed E-state index contributed by atoms with van der Waals surface area (Å²) in [5.41, 5.74) is 0. The molecule has 2 N–H and O–H groups in total. The normalized spacial score (nSPS) is 34.2. The average Bonchev–Trinajstić information content (AvgIpc) is 2.95. The van der Waals surface area contributed by atoms with Crippen molar-refractivity contribution in [3.63, 3.8) is 0 Å². The third-order valence-corrected chi connectivity index (χ3v) is 3.92. The Bertz CT molecular complexity index is 239. The molecule has 1 saturated carbocycles. The first-order valence-electron chi connectivity index (χ1n) is 6.35. The lowest BCUT2D eigenvalue weighted by Crippen LogP contribution is -2.43. The molecule has 4 nitrogen and oxygen atoms in total. The maximum absolute atomic E-state index is 11.1. The van der Waals surface area contributed by atoms with E-state index in [4.69, 9.17) is 0 Å². The monoisotopic (exact) mass is 226 g/mol. The van der Waals surface area contributed by atoms with Crippen LogP contribution in [0.2, 0.25) is 0 Å². The summed E-state index contributed by atoms with van der Waals surface area (Å²) < 4.78 is 4.65. The van der Waals surface area contributed by atoms with E-state index in [-0.39, 0.29) is 5.97 Å². The van der Waals surface area contributed by atoms with E-state index in [1.807, 2.05) is 0 Å². The summed E-state index contributed by atoms with van der Waals surface area (Å²) >= 11 is 0. The Hall–Kier alpha value is -0.610. The quantitative estimate of drug-likeness (QED) is 0.692. The van der Waals surface area contributed by atoms with E-state index in [0.717, 1.165) is 6.54 Å². The minimum Gasteiger partial charge on any atom is -0.468 e. The Kier molecular flexibility index (Phi) is 4.18. The van der Waals surface area contributed by atoms with Gasteiger partial charge in [-0.25, -0.2) is 0 Å². The van der Waals surface area contributed by atoms with Gasteiger partial charge in [0.15, 0.2) is 0 Å². The van der Waals surface area contributed by atoms with Crippen LogP contribution < -0.4 is 10.6 Å². The van der Waals surface area contributed by atoms with Crippen molar-refractivity contribution in [2.45, 2.75) is 44.2 Å². The minimum atomic E-state index is -0.162. The van der Waals surface area contributed by atoms with Gasteiger partial charge < -0.3 is 15.4 Å². The third-order valence-electron chi connectivity index (χ3n) is 3.92. The molecule has 2 rings (SSSR count). The lowest BCUT2D eigenvalue weighted by molar-refractivity contribution is -0.139. The highest BCUT2D eigenvalue weighted by Crippen LogP contribution is 2.31. The standard InChI is InChI=1S/C12H22N2O2/c1-16-12(15)8-14-11-5-2-4-9(11)10-6-3-7-13-10/h9-11,13-14H,2-8H2,1H3. The molecular formula is C12H22N2O2. The molecule has 3 atom stereocenters. The van der Waals surface area contributed by atoms with Crippen LogP contribution in [-0.2, 0) is 9.53 Å². The zero-order chi connectivity index (χ0) is 11.4. The molecule has 0 aromatic carbocycles. The molecular weight excluding hydrogens is 204 g/mol. The fraction of sp³-hybridized carbons (Fsp3) is 0.917. The van der Waals surface area contributed by atoms with Crippen molar-refractivity contribution in [1.82, 2.24) is 10.6 Å². The molecule has 3 unspecified atom stereocenters. The van der Waals surface area contributed by atoms with Gasteiger partial charge in [0.2, 0.25) is 0 Å². The topological polar surface area (TPSA) is 50.4 Å². The second kappa shape index (κ2) is 5.64. The maximum Gasteiger partial charge on any atom is 0.319 e. The molecule has 1 heterocycles. The van der Waals surface area contributed by atoms with Gasteiger partial charge >= 0.3 is 5.97 Å². The van der Waals surface area contributed by atoms with Gasteiger partial charge in [-0.05, 0) is 38.1 Å². The van der Waals surface area contributed by atoms with Crippen LogP contribution in [0.3, 0.4) is 0 Å². The molecule has 2 aliphatic rings. The zero-order valence-corrected chi connectivity index (χ0v) is 10.00. The lowest BCUT2D eigenvalue weighted by atomic mass is 9.93. The smallest absolute Gasteiger partial charge is 0.319 e. The molecule has 4 heteroatoms. The van der Waals surface area contributed by atoms with Gasteiger partial charge in [-0.2, -0.15) is 0 Å². The van der Waals surface area contributed by atoms with Crippen LogP contribution in [0.5, 0.6) is 0 Å². The molecule has 0 amide bonds. The molecule has 0 aromatic rings. The SMILES string of the molecule is COC(=O)CNC1CCCC1C1CCCN1. The Morgan fingerprint density at radius 3 is 2.94 bits per heavy atom. The highest BCUT2D eigenvalue weighted by molar-refractivity contribution is 5.71. The number of methoxy groups -OCH3 is 1. The predicted octanol–water partition coefficient (Wildman–Crippen LogP) is 0.670. The van der Waals surface area contributed by atoms with Gasteiger partial charge in [0.1, 0.15) is 0 Å². The van der Waals surface area contributed by atoms with Crippen LogP contribution in [-0.4, -0.2) is 38.3 Å². The Balaban J connectivity index is 1.80. The Morgan fingerprint density at radius 2 is 2.25 bits per heavy atom. The van der Waals surface area contributed by atoms with Crippen LogP contribution in [0.25, 0.3) is 0 Å². The van der Waals surface area contributed by atoms with Crippen LogP contribution in [0.4, 0.5) is 0 Å². The number of nitrogens with one attached hydrogen (secondary N) is 2. The van der Waals surface area contributed by atoms with Crippen molar-refractivity contribution in [3.8, 4) is 0 Å². The number of esters is 1. The number of rotatable bonds is 4. The van der Waals surface area contributed by atoms with Crippen LogP contribution in [0.15, 0.2) is 0 Å². The number of carbonyl (C=O) groups is 1. The second-order valence-electron chi connectivity index (χ2n) is 4.86. The highest BCUT2D eigenvalue weighted by Gasteiger charge is 2.34. The summed E-state index contributed by atoms with van der Waals surface area (Å²) in [5, 5.41) is 6.92. The summed E-state index contributed by atoms with van der Waals surface area (Å²) in [6.07, 6.45) is 6.35. The lowest BCUT2D eigenvalue weighted by Gasteiger charge is -2.26. The van der Waals surface area contributed by atoms with Crippen LogP contribution in [0, 0.1) is 5.92 Å². The molecule has 2 fully saturated rings. The molecule has 0 bridgehead atoms.